The first-order valence-corrected chi connectivity index (χ1v) is 23.2. The quantitative estimate of drug-likeness (QED) is 0.0688. The Hall–Kier alpha value is -5.65. The molecule has 3 fully saturated rings. The Kier molecular flexibility index (Phi) is 19.0. The van der Waals surface area contributed by atoms with Gasteiger partial charge in [0.2, 0.25) is 0 Å². The lowest BCUT2D eigenvalue weighted by atomic mass is 9.66. The molecule has 10 heteroatoms. The van der Waals surface area contributed by atoms with E-state index in [0.717, 1.165) is 68.9 Å². The summed E-state index contributed by atoms with van der Waals surface area (Å²) in [6, 6.07) is 40.6. The van der Waals surface area contributed by atoms with Crippen LogP contribution in [-0.2, 0) is 58.7 Å². The van der Waals surface area contributed by atoms with Gasteiger partial charge in [-0.3, -0.25) is 0 Å². The fourth-order valence-electron chi connectivity index (χ4n) is 10.4. The van der Waals surface area contributed by atoms with Crippen molar-refractivity contribution in [2.75, 3.05) is 28.4 Å². The molecule has 0 radical (unpaired) electrons. The van der Waals surface area contributed by atoms with E-state index in [0.29, 0.717) is 0 Å². The van der Waals surface area contributed by atoms with Crippen molar-refractivity contribution in [2.45, 2.75) is 124 Å². The zero-order valence-corrected chi connectivity index (χ0v) is 40.2. The average Bonchev–Trinajstić information content (AvgIpc) is 3.38. The Bertz CT molecular complexity index is 2080. The lowest BCUT2D eigenvalue weighted by Crippen LogP contribution is -2.60. The van der Waals surface area contributed by atoms with Crippen molar-refractivity contribution in [1.29, 1.82) is 0 Å². The van der Waals surface area contributed by atoms with Crippen LogP contribution in [0.3, 0.4) is 0 Å². The van der Waals surface area contributed by atoms with Crippen molar-refractivity contribution in [3.8, 4) is 0 Å². The van der Waals surface area contributed by atoms with Gasteiger partial charge in [-0.1, -0.05) is 147 Å². The molecule has 0 aromatic heterocycles. The second-order valence-corrected chi connectivity index (χ2v) is 17.8. The summed E-state index contributed by atoms with van der Waals surface area (Å²) in [6.45, 7) is 14.4. The molecule has 3 saturated carbocycles. The molecule has 0 aliphatic heterocycles. The molecule has 0 amide bonds. The van der Waals surface area contributed by atoms with E-state index in [-0.39, 0.29) is 23.9 Å². The van der Waals surface area contributed by atoms with Gasteiger partial charge in [-0.05, 0) is 87.5 Å². The number of hydrogen-bond donors (Lipinski definition) is 0. The van der Waals surface area contributed by atoms with Gasteiger partial charge in [0.1, 0.15) is 28.5 Å². The van der Waals surface area contributed by atoms with Crippen LogP contribution in [0.4, 0.5) is 0 Å². The minimum atomic E-state index is -0.815. The number of carbonyl (C=O) groups is 3. The summed E-state index contributed by atoms with van der Waals surface area (Å²) in [5.74, 6) is -0.795. The van der Waals surface area contributed by atoms with Gasteiger partial charge in [-0.25, -0.2) is 14.4 Å². The summed E-state index contributed by atoms with van der Waals surface area (Å²) >= 11 is 0. The highest BCUT2D eigenvalue weighted by atomic mass is 16.6. The van der Waals surface area contributed by atoms with Crippen LogP contribution < -0.4 is 0 Å². The first-order chi connectivity index (χ1) is 32.3. The van der Waals surface area contributed by atoms with Crippen LogP contribution in [-0.4, -0.2) is 75.9 Å². The van der Waals surface area contributed by atoms with Crippen molar-refractivity contribution in [3.05, 3.63) is 182 Å². The molecule has 0 spiro atoms. The van der Waals surface area contributed by atoms with Gasteiger partial charge in [0.15, 0.2) is 12.2 Å². The lowest BCUT2D eigenvalue weighted by molar-refractivity contribution is -0.242. The van der Waals surface area contributed by atoms with Crippen LogP contribution in [0.2, 0.25) is 0 Å². The molecular formula is C57H70O10. The van der Waals surface area contributed by atoms with Crippen molar-refractivity contribution < 1.29 is 47.5 Å². The minimum Gasteiger partial charge on any atom is -0.458 e. The average molecular weight is 915 g/mol. The summed E-state index contributed by atoms with van der Waals surface area (Å²) in [5.41, 5.74) is 1.76. The van der Waals surface area contributed by atoms with E-state index < -0.39 is 46.6 Å². The maximum atomic E-state index is 12.3. The summed E-state index contributed by atoms with van der Waals surface area (Å²) in [4.78, 5) is 35.6. The molecule has 3 aliphatic rings. The Morgan fingerprint density at radius 1 is 0.463 bits per heavy atom. The van der Waals surface area contributed by atoms with Gasteiger partial charge in [-0.2, -0.15) is 0 Å². The standard InChI is InChI=1S/C23H26O4.C21H22O2.C13H22O4/c1-4-20(24)27-21-22(25-2,18-12-7-5-8-13-18)16-11-17-23(21,26-3)19-14-9-6-10-15-19;1-2-20(22)23-21-18(16-10-5-3-6-11-16)14-9-15-19(21)17-12-7-4-8-13-17;1-6-10(14)17-11-12(2,15-4)8-7-9-13(11,3)16-5/h4-10,12-15,21H,1,11,16-17H2,2-3H3;2-8,10-13,18-19,21H,1,9,14-15H2;6,11H,1,7-9H2,2-5H3. The van der Waals surface area contributed by atoms with Crippen LogP contribution >= 0.6 is 0 Å². The molecule has 6 atom stereocenters. The smallest absolute Gasteiger partial charge is 0.330 e. The molecule has 67 heavy (non-hydrogen) atoms. The van der Waals surface area contributed by atoms with E-state index >= 15 is 0 Å². The SMILES string of the molecule is C=CC(=O)OC1C(C)(OC)CCCC1(C)OC.C=CC(=O)OC1C(OC)(c2ccccc2)CCCC1(OC)c1ccccc1.C=CC(=O)OC1C(c2ccccc2)CCCC1c1ccccc1. The molecule has 0 N–H and O–H groups in total. The van der Waals surface area contributed by atoms with Crippen molar-refractivity contribution >= 4 is 17.9 Å². The highest BCUT2D eigenvalue weighted by molar-refractivity contribution is 5.82. The zero-order valence-electron chi connectivity index (χ0n) is 40.2. The molecule has 358 valence electrons. The van der Waals surface area contributed by atoms with Gasteiger partial charge < -0.3 is 33.2 Å². The number of methoxy groups -OCH3 is 4. The number of hydrogen-bond acceptors (Lipinski definition) is 10. The van der Waals surface area contributed by atoms with E-state index in [4.69, 9.17) is 33.2 Å². The Balaban J connectivity index is 0.000000193. The third kappa shape index (κ3) is 12.1. The van der Waals surface area contributed by atoms with Crippen LogP contribution in [0.25, 0.3) is 0 Å². The normalized spacial score (nSPS) is 28.9. The van der Waals surface area contributed by atoms with Gasteiger partial charge in [0, 0.05) is 58.5 Å². The Morgan fingerprint density at radius 2 is 0.806 bits per heavy atom. The zero-order chi connectivity index (χ0) is 48.5. The topological polar surface area (TPSA) is 116 Å². The molecule has 0 heterocycles. The summed E-state index contributed by atoms with van der Waals surface area (Å²) in [7, 11) is 6.60. The molecular weight excluding hydrogens is 845 g/mol. The third-order valence-electron chi connectivity index (χ3n) is 14.1. The maximum absolute atomic E-state index is 12.3. The van der Waals surface area contributed by atoms with Gasteiger partial charge in [0.25, 0.3) is 0 Å². The number of carbonyl (C=O) groups excluding carboxylic acids is 3. The van der Waals surface area contributed by atoms with Crippen molar-refractivity contribution in [3.63, 3.8) is 0 Å². The van der Waals surface area contributed by atoms with Crippen LogP contribution in [0.1, 0.15) is 106 Å². The second kappa shape index (κ2) is 24.4. The first-order valence-electron chi connectivity index (χ1n) is 23.2. The highest BCUT2D eigenvalue weighted by Gasteiger charge is 2.59. The van der Waals surface area contributed by atoms with E-state index in [1.807, 2.05) is 111 Å². The Labute approximate surface area is 398 Å². The molecule has 0 saturated heterocycles. The van der Waals surface area contributed by atoms with Crippen LogP contribution in [0.5, 0.6) is 0 Å². The van der Waals surface area contributed by atoms with Crippen molar-refractivity contribution in [2.24, 2.45) is 0 Å². The Morgan fingerprint density at radius 3 is 1.16 bits per heavy atom. The van der Waals surface area contributed by atoms with Gasteiger partial charge in [0.05, 0.1) is 0 Å². The van der Waals surface area contributed by atoms with E-state index in [1.165, 1.54) is 29.4 Å². The van der Waals surface area contributed by atoms with Gasteiger partial charge in [-0.15, -0.1) is 0 Å². The first kappa shape index (κ1) is 52.3. The largest absolute Gasteiger partial charge is 0.458 e. The number of benzene rings is 4. The number of ether oxygens (including phenoxy) is 7. The lowest BCUT2D eigenvalue weighted by Gasteiger charge is -2.52. The van der Waals surface area contributed by atoms with Crippen LogP contribution in [0.15, 0.2) is 159 Å². The molecule has 4 aromatic carbocycles. The van der Waals surface area contributed by atoms with Crippen molar-refractivity contribution in [1.82, 2.24) is 0 Å². The predicted octanol–water partition coefficient (Wildman–Crippen LogP) is 11.3. The van der Waals surface area contributed by atoms with Crippen LogP contribution in [0, 0.1) is 0 Å². The second-order valence-electron chi connectivity index (χ2n) is 17.8. The minimum absolute atomic E-state index is 0.140. The fourth-order valence-corrected chi connectivity index (χ4v) is 10.4. The highest BCUT2D eigenvalue weighted by Crippen LogP contribution is 2.52. The summed E-state index contributed by atoms with van der Waals surface area (Å²) in [6.07, 6.45) is 10.6. The maximum Gasteiger partial charge on any atom is 0.330 e. The van der Waals surface area contributed by atoms with Gasteiger partial charge >= 0.3 is 17.9 Å². The monoisotopic (exact) mass is 914 g/mol. The molecule has 3 aliphatic carbocycles. The molecule has 0 bridgehead atoms. The van der Waals surface area contributed by atoms with E-state index in [2.05, 4.69) is 44.0 Å². The van der Waals surface area contributed by atoms with E-state index in [1.54, 1.807) is 28.4 Å². The molecule has 4 aromatic rings. The predicted molar refractivity (Wildman–Crippen MR) is 261 cm³/mol. The summed E-state index contributed by atoms with van der Waals surface area (Å²) < 4.78 is 40.5. The number of rotatable bonds is 14. The summed E-state index contributed by atoms with van der Waals surface area (Å²) in [5, 5.41) is 0. The number of esters is 3. The molecule has 10 nitrogen and oxygen atoms in total. The molecule has 6 unspecified atom stereocenters. The van der Waals surface area contributed by atoms with E-state index in [9.17, 15) is 14.4 Å². The fraction of sp³-hybridized carbons (Fsp3) is 0.421. The molecule has 7 rings (SSSR count). The third-order valence-corrected chi connectivity index (χ3v) is 14.1.